The van der Waals surface area contributed by atoms with Crippen molar-refractivity contribution < 1.29 is 19.1 Å². The SMILES string of the molecule is COC(=O)c1c2c(n3ccc(-c4ccncc4)cc13)C(=O)c1ccccc1C2=O. The van der Waals surface area contributed by atoms with Crippen molar-refractivity contribution in [3.8, 4) is 11.1 Å². The summed E-state index contributed by atoms with van der Waals surface area (Å²) < 4.78 is 6.56. The maximum absolute atomic E-state index is 13.2. The number of pyridine rings is 2. The minimum atomic E-state index is -0.656. The Morgan fingerprint density at radius 3 is 2.31 bits per heavy atom. The number of rotatable bonds is 2. The summed E-state index contributed by atoms with van der Waals surface area (Å²) in [5, 5.41) is 0. The van der Waals surface area contributed by atoms with Crippen molar-refractivity contribution in [3.05, 3.63) is 95.1 Å². The van der Waals surface area contributed by atoms with Crippen molar-refractivity contribution in [3.63, 3.8) is 0 Å². The molecule has 4 aromatic rings. The van der Waals surface area contributed by atoms with Gasteiger partial charge in [0.25, 0.3) is 0 Å². The van der Waals surface area contributed by atoms with Gasteiger partial charge in [0.05, 0.1) is 23.8 Å². The van der Waals surface area contributed by atoms with Crippen LogP contribution in [-0.4, -0.2) is 34.0 Å². The molecule has 0 N–H and O–H groups in total. The van der Waals surface area contributed by atoms with Gasteiger partial charge >= 0.3 is 5.97 Å². The van der Waals surface area contributed by atoms with Crippen LogP contribution in [0.1, 0.15) is 42.3 Å². The second kappa shape index (κ2) is 6.24. The third-order valence-electron chi connectivity index (χ3n) is 5.20. The highest BCUT2D eigenvalue weighted by atomic mass is 16.5. The van der Waals surface area contributed by atoms with E-state index in [1.54, 1.807) is 53.3 Å². The predicted octanol–water partition coefficient (Wildman–Crippen LogP) is 3.56. The molecule has 0 atom stereocenters. The molecule has 0 radical (unpaired) electrons. The Labute approximate surface area is 165 Å². The summed E-state index contributed by atoms with van der Waals surface area (Å²) in [6.07, 6.45) is 5.05. The monoisotopic (exact) mass is 382 g/mol. The number of ketones is 2. The lowest BCUT2D eigenvalue weighted by Crippen LogP contribution is -2.22. The van der Waals surface area contributed by atoms with E-state index in [2.05, 4.69) is 4.98 Å². The smallest absolute Gasteiger partial charge is 0.340 e. The fraction of sp³-hybridized carbons (Fsp3) is 0.0435. The highest BCUT2D eigenvalue weighted by Gasteiger charge is 2.38. The Hall–Kier alpha value is -4.06. The average molecular weight is 382 g/mol. The van der Waals surface area contributed by atoms with Crippen molar-refractivity contribution in [1.82, 2.24) is 9.38 Å². The lowest BCUT2D eigenvalue weighted by atomic mass is 9.86. The molecule has 0 aliphatic heterocycles. The zero-order valence-electron chi connectivity index (χ0n) is 15.4. The molecule has 1 aliphatic rings. The Morgan fingerprint density at radius 2 is 1.62 bits per heavy atom. The minimum absolute atomic E-state index is 0.0902. The van der Waals surface area contributed by atoms with Crippen molar-refractivity contribution in [2.24, 2.45) is 0 Å². The van der Waals surface area contributed by atoms with Crippen LogP contribution in [0.4, 0.5) is 0 Å². The van der Waals surface area contributed by atoms with Crippen molar-refractivity contribution in [2.45, 2.75) is 0 Å². The summed E-state index contributed by atoms with van der Waals surface area (Å²) in [7, 11) is 1.26. The van der Waals surface area contributed by atoms with Crippen LogP contribution in [-0.2, 0) is 4.74 Å². The number of esters is 1. The molecule has 29 heavy (non-hydrogen) atoms. The molecule has 0 saturated carbocycles. The molecule has 3 aromatic heterocycles. The number of hydrogen-bond acceptors (Lipinski definition) is 5. The molecule has 3 heterocycles. The number of carbonyl (C=O) groups excluding carboxylic acids is 3. The van der Waals surface area contributed by atoms with E-state index >= 15 is 0 Å². The Morgan fingerprint density at radius 1 is 0.931 bits per heavy atom. The number of nitrogens with zero attached hydrogens (tertiary/aromatic N) is 2. The molecule has 5 rings (SSSR count). The summed E-state index contributed by atoms with van der Waals surface area (Å²) in [5.41, 5.74) is 3.19. The zero-order chi connectivity index (χ0) is 20.1. The maximum atomic E-state index is 13.2. The van der Waals surface area contributed by atoms with Gasteiger partial charge in [-0.05, 0) is 35.4 Å². The van der Waals surface area contributed by atoms with Crippen LogP contribution in [0.15, 0.2) is 67.1 Å². The average Bonchev–Trinajstić information content (AvgIpc) is 3.12. The molecule has 0 saturated heterocycles. The summed E-state index contributed by atoms with van der Waals surface area (Å²) in [5.74, 6) is -1.31. The van der Waals surface area contributed by atoms with E-state index in [-0.39, 0.29) is 28.4 Å². The number of hydrogen-bond donors (Lipinski definition) is 0. The molecule has 1 aliphatic carbocycles. The molecule has 6 nitrogen and oxygen atoms in total. The van der Waals surface area contributed by atoms with E-state index in [0.717, 1.165) is 11.1 Å². The molecule has 1 aromatic carbocycles. The van der Waals surface area contributed by atoms with Crippen LogP contribution >= 0.6 is 0 Å². The standard InChI is InChI=1S/C23H14N2O4/c1-29-23(28)18-17-12-14(13-6-9-24-10-7-13)8-11-25(17)20-19(18)21(26)15-4-2-3-5-16(15)22(20)27/h2-12H,1H3. The van der Waals surface area contributed by atoms with E-state index < -0.39 is 5.97 Å². The minimum Gasteiger partial charge on any atom is -0.465 e. The van der Waals surface area contributed by atoms with E-state index in [9.17, 15) is 14.4 Å². The van der Waals surface area contributed by atoms with E-state index in [0.29, 0.717) is 16.6 Å². The fourth-order valence-electron chi connectivity index (χ4n) is 3.87. The number of aromatic nitrogens is 2. The molecule has 0 amide bonds. The number of ether oxygens (including phenoxy) is 1. The molecule has 0 bridgehead atoms. The summed E-state index contributed by atoms with van der Waals surface area (Å²) in [4.78, 5) is 43.1. The van der Waals surface area contributed by atoms with Crippen LogP contribution in [0.25, 0.3) is 16.6 Å². The molecule has 140 valence electrons. The Bertz CT molecular complexity index is 1340. The lowest BCUT2D eigenvalue weighted by Gasteiger charge is -2.15. The number of carbonyl (C=O) groups is 3. The van der Waals surface area contributed by atoms with E-state index in [4.69, 9.17) is 4.74 Å². The predicted molar refractivity (Wildman–Crippen MR) is 105 cm³/mol. The first-order chi connectivity index (χ1) is 14.1. The topological polar surface area (TPSA) is 77.7 Å². The second-order valence-corrected chi connectivity index (χ2v) is 6.70. The van der Waals surface area contributed by atoms with Gasteiger partial charge in [-0.3, -0.25) is 14.6 Å². The van der Waals surface area contributed by atoms with Gasteiger partial charge in [0, 0.05) is 29.7 Å². The normalized spacial score (nSPS) is 12.6. The zero-order valence-corrected chi connectivity index (χ0v) is 15.4. The van der Waals surface area contributed by atoms with Gasteiger partial charge in [-0.2, -0.15) is 0 Å². The summed E-state index contributed by atoms with van der Waals surface area (Å²) in [6.45, 7) is 0. The van der Waals surface area contributed by atoms with Crippen LogP contribution in [0.5, 0.6) is 0 Å². The van der Waals surface area contributed by atoms with E-state index in [1.165, 1.54) is 7.11 Å². The van der Waals surface area contributed by atoms with Crippen LogP contribution in [0, 0.1) is 0 Å². The number of methoxy groups -OCH3 is 1. The fourth-order valence-corrected chi connectivity index (χ4v) is 3.87. The van der Waals surface area contributed by atoms with Crippen LogP contribution in [0.2, 0.25) is 0 Å². The van der Waals surface area contributed by atoms with Crippen molar-refractivity contribution in [2.75, 3.05) is 7.11 Å². The van der Waals surface area contributed by atoms with Gasteiger partial charge in [-0.25, -0.2) is 4.79 Å². The van der Waals surface area contributed by atoms with Gasteiger partial charge in [-0.15, -0.1) is 0 Å². The summed E-state index contributed by atoms with van der Waals surface area (Å²) >= 11 is 0. The molecular weight excluding hydrogens is 368 g/mol. The number of fused-ring (bicyclic) bond motifs is 4. The van der Waals surface area contributed by atoms with Crippen LogP contribution < -0.4 is 0 Å². The van der Waals surface area contributed by atoms with Gasteiger partial charge in [-0.1, -0.05) is 24.3 Å². The number of benzene rings is 1. The highest BCUT2D eigenvalue weighted by molar-refractivity contribution is 6.31. The quantitative estimate of drug-likeness (QED) is 0.436. The third kappa shape index (κ3) is 2.36. The Balaban J connectivity index is 1.86. The first-order valence-electron chi connectivity index (χ1n) is 8.97. The molecule has 0 spiro atoms. The lowest BCUT2D eigenvalue weighted by molar-refractivity contribution is 0.0600. The van der Waals surface area contributed by atoms with Crippen molar-refractivity contribution in [1.29, 1.82) is 0 Å². The van der Waals surface area contributed by atoms with Gasteiger partial charge < -0.3 is 9.14 Å². The molecule has 6 heteroatoms. The maximum Gasteiger partial charge on any atom is 0.340 e. The first kappa shape index (κ1) is 17.1. The van der Waals surface area contributed by atoms with Gasteiger partial charge in [0.1, 0.15) is 5.69 Å². The Kier molecular flexibility index (Phi) is 3.67. The van der Waals surface area contributed by atoms with Crippen molar-refractivity contribution >= 4 is 23.1 Å². The molecule has 0 unspecified atom stereocenters. The van der Waals surface area contributed by atoms with E-state index in [1.807, 2.05) is 18.2 Å². The highest BCUT2D eigenvalue weighted by Crippen LogP contribution is 2.35. The molecular formula is C23H14N2O4. The third-order valence-corrected chi connectivity index (χ3v) is 5.20. The summed E-state index contributed by atoms with van der Waals surface area (Å²) in [6, 6.07) is 14.0. The second-order valence-electron chi connectivity index (χ2n) is 6.70. The van der Waals surface area contributed by atoms with Crippen LogP contribution in [0.3, 0.4) is 0 Å². The van der Waals surface area contributed by atoms with Gasteiger partial charge in [0.15, 0.2) is 5.78 Å². The molecule has 0 fully saturated rings. The van der Waals surface area contributed by atoms with Gasteiger partial charge in [0.2, 0.25) is 5.78 Å². The largest absolute Gasteiger partial charge is 0.465 e. The first-order valence-corrected chi connectivity index (χ1v) is 8.97.